The quantitative estimate of drug-likeness (QED) is 0.188. The molecule has 0 aliphatic carbocycles. The number of hydrogen-bond donors (Lipinski definition) is 2. The Kier molecular flexibility index (Phi) is 9.50. The van der Waals surface area contributed by atoms with Crippen LogP contribution < -0.4 is 15.4 Å². The molecule has 2 heterocycles. The maximum atomic E-state index is 14.3. The van der Waals surface area contributed by atoms with Crippen molar-refractivity contribution < 1.29 is 23.9 Å². The van der Waals surface area contributed by atoms with Crippen molar-refractivity contribution in [3.63, 3.8) is 0 Å². The first kappa shape index (κ1) is 32.0. The van der Waals surface area contributed by atoms with E-state index in [0.29, 0.717) is 24.4 Å². The van der Waals surface area contributed by atoms with Crippen molar-refractivity contribution in [3.8, 4) is 11.8 Å². The summed E-state index contributed by atoms with van der Waals surface area (Å²) in [5.41, 5.74) is 3.20. The maximum absolute atomic E-state index is 14.3. The Morgan fingerprint density at radius 3 is 2.46 bits per heavy atom. The second-order valence-corrected chi connectivity index (χ2v) is 11.6. The molecule has 2 atom stereocenters. The van der Waals surface area contributed by atoms with Crippen LogP contribution in [0, 0.1) is 11.3 Å². The molecule has 0 unspecified atom stereocenters. The van der Waals surface area contributed by atoms with E-state index in [1.54, 1.807) is 46.2 Å². The first-order chi connectivity index (χ1) is 23.4. The summed E-state index contributed by atoms with van der Waals surface area (Å²) in [6.45, 7) is 0.174. The van der Waals surface area contributed by atoms with Crippen molar-refractivity contribution >= 4 is 40.7 Å². The fourth-order valence-electron chi connectivity index (χ4n) is 6.41. The number of hydrazine groups is 1. The van der Waals surface area contributed by atoms with Crippen molar-refractivity contribution in [1.82, 2.24) is 25.1 Å². The molecule has 2 N–H and O–H groups in total. The van der Waals surface area contributed by atoms with Crippen LogP contribution >= 0.6 is 0 Å². The molecule has 4 aromatic carbocycles. The number of ether oxygens (including phenoxy) is 1. The molecule has 244 valence electrons. The van der Waals surface area contributed by atoms with Crippen molar-refractivity contribution in [3.05, 3.63) is 108 Å². The number of anilines is 1. The average molecular weight is 646 g/mol. The Balaban J connectivity index is 1.30. The van der Waals surface area contributed by atoms with Gasteiger partial charge in [0.25, 0.3) is 0 Å². The number of methoxy groups -OCH3 is 1. The highest BCUT2D eigenvalue weighted by Crippen LogP contribution is 2.31. The Bertz CT molecular complexity index is 1850. The van der Waals surface area contributed by atoms with Gasteiger partial charge in [-0.25, -0.2) is 9.80 Å². The van der Waals surface area contributed by atoms with Gasteiger partial charge >= 0.3 is 6.03 Å². The van der Waals surface area contributed by atoms with Gasteiger partial charge in [-0.05, 0) is 51.7 Å². The van der Waals surface area contributed by atoms with E-state index in [4.69, 9.17) is 4.74 Å². The maximum Gasteiger partial charge on any atom is 0.333 e. The van der Waals surface area contributed by atoms with Gasteiger partial charge in [0.15, 0.2) is 0 Å². The van der Waals surface area contributed by atoms with Gasteiger partial charge in [0.2, 0.25) is 18.2 Å². The summed E-state index contributed by atoms with van der Waals surface area (Å²) in [4.78, 5) is 55.8. The van der Waals surface area contributed by atoms with Crippen molar-refractivity contribution in [2.24, 2.45) is 0 Å². The minimum atomic E-state index is -0.854. The Morgan fingerprint density at radius 2 is 1.73 bits per heavy atom. The van der Waals surface area contributed by atoms with E-state index in [1.165, 1.54) is 5.01 Å². The number of piperazine rings is 1. The number of benzene rings is 4. The highest BCUT2D eigenvalue weighted by Gasteiger charge is 2.52. The lowest BCUT2D eigenvalue weighted by Gasteiger charge is -2.46. The molecule has 12 nitrogen and oxygen atoms in total. The molecule has 12 heteroatoms. The normalized spacial score (nSPS) is 17.5. The molecule has 5 amide bonds. The Hall–Kier alpha value is -5.93. The first-order valence-electron chi connectivity index (χ1n) is 15.6. The summed E-state index contributed by atoms with van der Waals surface area (Å²) < 4.78 is 5.21. The summed E-state index contributed by atoms with van der Waals surface area (Å²) in [7, 11) is 1.58. The van der Waals surface area contributed by atoms with Crippen LogP contribution in [0.1, 0.15) is 16.7 Å². The molecule has 0 radical (unpaired) electrons. The second kappa shape index (κ2) is 14.2. The SMILES string of the molecule is COc1ccc(CNC(=O)N(CC#N)N2CC(=O)N3[C@@H](Cc4ccc(NC=O)cc4)C(=O)N(Cc4cccc5ccccc45)C[C@@H]32)cc1. The molecule has 0 spiro atoms. The summed E-state index contributed by atoms with van der Waals surface area (Å²) in [5.74, 6) is 0.170. The van der Waals surface area contributed by atoms with Crippen LogP contribution in [-0.2, 0) is 33.9 Å². The summed E-state index contributed by atoms with van der Waals surface area (Å²) in [6, 6.07) is 28.9. The smallest absolute Gasteiger partial charge is 0.333 e. The van der Waals surface area contributed by atoms with Gasteiger partial charge in [0.05, 0.1) is 26.3 Å². The summed E-state index contributed by atoms with van der Waals surface area (Å²) >= 11 is 0. The van der Waals surface area contributed by atoms with E-state index in [-0.39, 0.29) is 44.4 Å². The van der Waals surface area contributed by atoms with Crippen LogP contribution in [0.4, 0.5) is 10.5 Å². The highest BCUT2D eigenvalue weighted by molar-refractivity contribution is 5.92. The van der Waals surface area contributed by atoms with E-state index in [1.807, 2.05) is 66.7 Å². The molecular formula is C36H35N7O5. The second-order valence-electron chi connectivity index (χ2n) is 11.6. The molecule has 6 rings (SSSR count). The number of hydrogen-bond acceptors (Lipinski definition) is 7. The van der Waals surface area contributed by atoms with Gasteiger partial charge in [-0.15, -0.1) is 0 Å². The first-order valence-corrected chi connectivity index (χ1v) is 15.6. The predicted molar refractivity (Wildman–Crippen MR) is 178 cm³/mol. The average Bonchev–Trinajstić information content (AvgIpc) is 3.43. The molecule has 0 saturated carbocycles. The fourth-order valence-corrected chi connectivity index (χ4v) is 6.41. The number of carbonyl (C=O) groups is 4. The highest BCUT2D eigenvalue weighted by atomic mass is 16.5. The summed E-state index contributed by atoms with van der Waals surface area (Å²) in [6.07, 6.45) is 0.128. The molecule has 0 aromatic heterocycles. The number of nitrogens with one attached hydrogen (secondary N) is 2. The van der Waals surface area contributed by atoms with Gasteiger partial charge in [0, 0.05) is 25.2 Å². The van der Waals surface area contributed by atoms with Gasteiger partial charge in [-0.2, -0.15) is 10.3 Å². The summed E-state index contributed by atoms with van der Waals surface area (Å²) in [5, 5.41) is 20.1. The van der Waals surface area contributed by atoms with Gasteiger partial charge in [-0.1, -0.05) is 66.7 Å². The van der Waals surface area contributed by atoms with Gasteiger partial charge < -0.3 is 25.2 Å². The zero-order valence-corrected chi connectivity index (χ0v) is 26.4. The number of fused-ring (bicyclic) bond motifs is 2. The molecule has 0 bridgehead atoms. The number of nitrogens with zero attached hydrogens (tertiary/aromatic N) is 5. The van der Waals surface area contributed by atoms with Gasteiger partial charge in [0.1, 0.15) is 24.5 Å². The molecule has 2 aliphatic rings. The Morgan fingerprint density at radius 1 is 1.00 bits per heavy atom. The lowest BCUT2D eigenvalue weighted by Crippen LogP contribution is -2.66. The third kappa shape index (κ3) is 6.63. The number of carbonyl (C=O) groups excluding carboxylic acids is 4. The van der Waals surface area contributed by atoms with E-state index in [2.05, 4.69) is 16.7 Å². The van der Waals surface area contributed by atoms with Crippen LogP contribution in [0.15, 0.2) is 91.0 Å². The third-order valence-electron chi connectivity index (χ3n) is 8.78. The van der Waals surface area contributed by atoms with Crippen LogP contribution in [0.25, 0.3) is 10.8 Å². The molecule has 4 aromatic rings. The molecule has 2 saturated heterocycles. The molecular weight excluding hydrogens is 610 g/mol. The van der Waals surface area contributed by atoms with E-state index in [9.17, 15) is 24.4 Å². The number of nitriles is 1. The van der Waals surface area contributed by atoms with E-state index < -0.39 is 18.2 Å². The standard InChI is InChI=1S/C36H35N7O5/c1-48-30-15-11-26(12-16-30)20-38-36(47)41(18-17-37)42-23-34(45)43-32(19-25-9-13-29(14-10-25)39-24-44)35(46)40(22-33(42)43)21-28-7-4-6-27-5-2-3-8-31(27)28/h2-16,24,32-33H,18-23H2,1H3,(H,38,47)(H,39,44)/t32-,33+/m0/s1. The van der Waals surface area contributed by atoms with Crippen LogP contribution in [0.5, 0.6) is 5.75 Å². The lowest BCUT2D eigenvalue weighted by atomic mass is 9.98. The minimum absolute atomic E-state index is 0.139. The molecule has 2 fully saturated rings. The lowest BCUT2D eigenvalue weighted by molar-refractivity contribution is -0.157. The third-order valence-corrected chi connectivity index (χ3v) is 8.78. The van der Waals surface area contributed by atoms with Crippen molar-refractivity contribution in [2.45, 2.75) is 31.7 Å². The fraction of sp³-hybridized carbons (Fsp3) is 0.250. The predicted octanol–water partition coefficient (Wildman–Crippen LogP) is 3.49. The van der Waals surface area contributed by atoms with Crippen molar-refractivity contribution in [2.75, 3.05) is 32.1 Å². The Labute approximate surface area is 278 Å². The minimum Gasteiger partial charge on any atom is -0.497 e. The number of rotatable bonds is 11. The van der Waals surface area contributed by atoms with Gasteiger partial charge in [-0.3, -0.25) is 14.4 Å². The zero-order valence-electron chi connectivity index (χ0n) is 26.4. The largest absolute Gasteiger partial charge is 0.497 e. The van der Waals surface area contributed by atoms with E-state index in [0.717, 1.165) is 27.5 Å². The monoisotopic (exact) mass is 645 g/mol. The number of amides is 5. The topological polar surface area (TPSA) is 138 Å². The van der Waals surface area contributed by atoms with Crippen LogP contribution in [0.3, 0.4) is 0 Å². The van der Waals surface area contributed by atoms with Crippen LogP contribution in [0.2, 0.25) is 0 Å². The van der Waals surface area contributed by atoms with Crippen LogP contribution in [-0.4, -0.2) is 83.0 Å². The van der Waals surface area contributed by atoms with E-state index >= 15 is 0 Å². The zero-order chi connectivity index (χ0) is 33.6. The van der Waals surface area contributed by atoms with Crippen molar-refractivity contribution in [1.29, 1.82) is 5.26 Å². The molecule has 48 heavy (non-hydrogen) atoms. The number of urea groups is 1. The molecule has 2 aliphatic heterocycles.